The third kappa shape index (κ3) is 3.43. The molecule has 0 fully saturated rings. The molecule has 0 radical (unpaired) electrons. The molecule has 1 aromatic carbocycles. The van der Waals surface area contributed by atoms with Gasteiger partial charge in [-0.05, 0) is 24.6 Å². The van der Waals surface area contributed by atoms with E-state index < -0.39 is 15.5 Å². The first kappa shape index (κ1) is 20.5. The summed E-state index contributed by atoms with van der Waals surface area (Å²) in [4.78, 5) is 1.88. The number of sulfonamides is 1. The van der Waals surface area contributed by atoms with E-state index in [-0.39, 0.29) is 28.0 Å². The van der Waals surface area contributed by atoms with Crippen LogP contribution in [0.2, 0.25) is 0 Å². The second-order valence-electron chi connectivity index (χ2n) is 6.87. The molecule has 2 aromatic rings. The number of hydrogen-bond acceptors (Lipinski definition) is 8. The van der Waals surface area contributed by atoms with Crippen LogP contribution in [0.15, 0.2) is 27.9 Å². The van der Waals surface area contributed by atoms with Crippen molar-refractivity contribution in [3.63, 3.8) is 0 Å². The van der Waals surface area contributed by atoms with Crippen LogP contribution in [0.4, 0.5) is 35.4 Å². The molecule has 3 rings (SSSR count). The third-order valence-corrected chi connectivity index (χ3v) is 6.63. The highest BCUT2D eigenvalue weighted by molar-refractivity contribution is 7.93. The van der Waals surface area contributed by atoms with Crippen molar-refractivity contribution in [1.29, 1.82) is 0 Å². The molecule has 152 valence electrons. The van der Waals surface area contributed by atoms with Gasteiger partial charge in [-0.2, -0.15) is 21.6 Å². The Hall–Kier alpha value is -2.28. The van der Waals surface area contributed by atoms with Gasteiger partial charge in [0.25, 0.3) is 5.13 Å². The van der Waals surface area contributed by atoms with Gasteiger partial charge in [0.2, 0.25) is 0 Å². The second kappa shape index (κ2) is 6.65. The summed E-state index contributed by atoms with van der Waals surface area (Å²) in [6, 6.07) is 2.93. The van der Waals surface area contributed by atoms with E-state index in [0.717, 1.165) is 16.9 Å². The topological polar surface area (TPSA) is 99.9 Å². The summed E-state index contributed by atoms with van der Waals surface area (Å²) in [7, 11) is -3.82. The Balaban J connectivity index is 2.15. The number of azo groups is 1. The van der Waals surface area contributed by atoms with Crippen molar-refractivity contribution in [3.8, 4) is 0 Å². The zero-order valence-corrected chi connectivity index (χ0v) is 16.9. The van der Waals surface area contributed by atoms with Gasteiger partial charge in [0.15, 0.2) is 0 Å². The van der Waals surface area contributed by atoms with Crippen LogP contribution in [0.5, 0.6) is 0 Å². The molecule has 0 bridgehead atoms. The Morgan fingerprint density at radius 3 is 2.54 bits per heavy atom. The number of nitrogens with zero attached hydrogens (tertiary/aromatic N) is 5. The molecule has 1 unspecified atom stereocenters. The minimum Gasteiger partial charge on any atom is -0.371 e. The highest BCUT2D eigenvalue weighted by atomic mass is 32.2. The number of likely N-dealkylation sites (N-methyl/N-ethyl adjacent to an activating group) is 1. The molecule has 8 nitrogen and oxygen atoms in total. The maximum Gasteiger partial charge on any atom is 0.516 e. The number of hydrogen-bond donors (Lipinski definition) is 1. The Morgan fingerprint density at radius 1 is 1.29 bits per heavy atom. The van der Waals surface area contributed by atoms with Crippen molar-refractivity contribution in [2.24, 2.45) is 10.2 Å². The van der Waals surface area contributed by atoms with Gasteiger partial charge in [-0.15, -0.1) is 20.4 Å². The molecule has 28 heavy (non-hydrogen) atoms. The molecule has 2 heterocycles. The molecule has 13 heteroatoms. The Morgan fingerprint density at radius 2 is 1.96 bits per heavy atom. The van der Waals surface area contributed by atoms with Crippen molar-refractivity contribution < 1.29 is 21.6 Å². The third-order valence-electron chi connectivity index (χ3n) is 4.95. The first-order chi connectivity index (χ1) is 12.8. The fourth-order valence-corrected chi connectivity index (χ4v) is 3.92. The monoisotopic (exact) mass is 434 g/mol. The lowest BCUT2D eigenvalue weighted by Crippen LogP contribution is -2.36. The van der Waals surface area contributed by atoms with Crippen LogP contribution in [-0.2, 0) is 15.4 Å². The number of fused-ring (bicyclic) bond motifs is 1. The van der Waals surface area contributed by atoms with Crippen LogP contribution in [0, 0.1) is 0 Å². The van der Waals surface area contributed by atoms with Crippen LogP contribution in [0.3, 0.4) is 0 Å². The largest absolute Gasteiger partial charge is 0.516 e. The van der Waals surface area contributed by atoms with Crippen LogP contribution in [-0.4, -0.2) is 37.2 Å². The van der Waals surface area contributed by atoms with Gasteiger partial charge in [0.1, 0.15) is 11.2 Å². The van der Waals surface area contributed by atoms with Gasteiger partial charge in [-0.1, -0.05) is 25.2 Å². The van der Waals surface area contributed by atoms with Gasteiger partial charge in [-0.25, -0.2) is 0 Å². The zero-order chi connectivity index (χ0) is 20.9. The van der Waals surface area contributed by atoms with Crippen LogP contribution < -0.4 is 9.62 Å². The summed E-state index contributed by atoms with van der Waals surface area (Å²) < 4.78 is 63.5. The highest BCUT2D eigenvalue weighted by Gasteiger charge is 2.47. The molecular weight excluding hydrogens is 417 g/mol. The van der Waals surface area contributed by atoms with E-state index >= 15 is 0 Å². The normalized spacial score (nSPS) is 19.2. The first-order valence-corrected chi connectivity index (χ1v) is 10.4. The van der Waals surface area contributed by atoms with Gasteiger partial charge in [0.05, 0.1) is 5.69 Å². The summed E-state index contributed by atoms with van der Waals surface area (Å²) in [5.41, 5.74) is -3.30. The molecule has 0 spiro atoms. The van der Waals surface area contributed by atoms with E-state index in [4.69, 9.17) is 0 Å². The minimum atomic E-state index is -5.62. The standard InChI is InChI=1S/C15H17F3N6O2S2/c1-8-14(2,3)9-5-10(20-22-13-21-19-7-27-13)11(6-12(9)24(8)4)23-28(25,26)15(16,17)18/h5-8,23H,1-4H3. The number of anilines is 2. The van der Waals surface area contributed by atoms with Gasteiger partial charge < -0.3 is 4.90 Å². The Kier molecular flexibility index (Phi) is 4.86. The zero-order valence-electron chi connectivity index (χ0n) is 15.3. The van der Waals surface area contributed by atoms with E-state index in [1.807, 2.05) is 25.7 Å². The lowest BCUT2D eigenvalue weighted by atomic mass is 9.81. The fourth-order valence-electron chi connectivity index (χ4n) is 2.98. The predicted molar refractivity (Wildman–Crippen MR) is 100 cm³/mol. The van der Waals surface area contributed by atoms with Gasteiger partial charge >= 0.3 is 15.5 Å². The molecule has 0 aliphatic carbocycles. The maximum absolute atomic E-state index is 12.9. The van der Waals surface area contributed by atoms with E-state index in [0.29, 0.717) is 5.69 Å². The van der Waals surface area contributed by atoms with Crippen molar-refractivity contribution in [1.82, 2.24) is 10.2 Å². The molecule has 0 amide bonds. The molecular formula is C15H17F3N6O2S2. The Bertz CT molecular complexity index is 1020. The minimum absolute atomic E-state index is 0.0323. The maximum atomic E-state index is 12.9. The van der Waals surface area contributed by atoms with Crippen molar-refractivity contribution in [2.45, 2.75) is 37.7 Å². The number of rotatable bonds is 4. The van der Waals surface area contributed by atoms with E-state index in [1.165, 1.54) is 11.6 Å². The average Bonchev–Trinajstić information content (AvgIpc) is 3.15. The van der Waals surface area contributed by atoms with E-state index in [9.17, 15) is 21.6 Å². The summed E-state index contributed by atoms with van der Waals surface area (Å²) in [5.74, 6) is 0. The molecule has 1 aromatic heterocycles. The lowest BCUT2D eigenvalue weighted by molar-refractivity contribution is -0.0429. The molecule has 0 saturated carbocycles. The van der Waals surface area contributed by atoms with Crippen LogP contribution >= 0.6 is 11.3 Å². The van der Waals surface area contributed by atoms with E-state index in [2.05, 4.69) is 20.4 Å². The number of benzene rings is 1. The number of aromatic nitrogens is 2. The van der Waals surface area contributed by atoms with Crippen molar-refractivity contribution in [2.75, 3.05) is 16.7 Å². The van der Waals surface area contributed by atoms with Crippen LogP contribution in [0.1, 0.15) is 26.3 Å². The molecule has 1 N–H and O–H groups in total. The smallest absolute Gasteiger partial charge is 0.371 e. The molecule has 1 aliphatic rings. The van der Waals surface area contributed by atoms with Crippen molar-refractivity contribution >= 4 is 43.6 Å². The number of halogens is 3. The lowest BCUT2D eigenvalue weighted by Gasteiger charge is -2.28. The van der Waals surface area contributed by atoms with Crippen molar-refractivity contribution in [3.05, 3.63) is 23.2 Å². The molecule has 0 saturated heterocycles. The summed E-state index contributed by atoms with van der Waals surface area (Å²) >= 11 is 1.08. The summed E-state index contributed by atoms with van der Waals surface area (Å²) in [6.07, 6.45) is 0. The molecule has 1 aliphatic heterocycles. The number of alkyl halides is 3. The van der Waals surface area contributed by atoms with Crippen LogP contribution in [0.25, 0.3) is 0 Å². The molecule has 1 atom stereocenters. The fraction of sp³-hybridized carbons (Fsp3) is 0.467. The summed E-state index contributed by atoms with van der Waals surface area (Å²) in [6.45, 7) is 5.96. The average molecular weight is 434 g/mol. The van der Waals surface area contributed by atoms with Gasteiger partial charge in [-0.3, -0.25) is 4.72 Å². The van der Waals surface area contributed by atoms with Gasteiger partial charge in [0, 0.05) is 24.2 Å². The number of nitrogens with one attached hydrogen (secondary N) is 1. The first-order valence-electron chi connectivity index (χ1n) is 8.03. The summed E-state index contributed by atoms with van der Waals surface area (Å²) in [5, 5.41) is 15.2. The quantitative estimate of drug-likeness (QED) is 0.722. The van der Waals surface area contributed by atoms with E-state index in [1.54, 1.807) is 17.8 Å². The Labute approximate surface area is 163 Å². The predicted octanol–water partition coefficient (Wildman–Crippen LogP) is 4.33. The second-order valence-corrected chi connectivity index (χ2v) is 9.35. The SMILES string of the molecule is CC1N(C)c2cc(NS(=O)(=O)C(F)(F)F)c(N=Nc3nncs3)cc2C1(C)C. The highest BCUT2D eigenvalue weighted by Crippen LogP contribution is 2.48.